The van der Waals surface area contributed by atoms with E-state index in [-0.39, 0.29) is 11.5 Å². The monoisotopic (exact) mass is 248 g/mol. The highest BCUT2D eigenvalue weighted by atomic mass is 16.5. The maximum absolute atomic E-state index is 11.5. The van der Waals surface area contributed by atoms with Gasteiger partial charge in [0.2, 0.25) is 0 Å². The molecule has 0 amide bonds. The minimum atomic E-state index is -0.294. The molecule has 0 unspecified atom stereocenters. The Balaban J connectivity index is 2.12. The van der Waals surface area contributed by atoms with Gasteiger partial charge in [0.15, 0.2) is 0 Å². The molecule has 0 saturated carbocycles. The number of carbonyl (C=O) groups excluding carboxylic acids is 1. The van der Waals surface area contributed by atoms with E-state index < -0.39 is 0 Å². The van der Waals surface area contributed by atoms with E-state index in [1.165, 1.54) is 7.11 Å². The summed E-state index contributed by atoms with van der Waals surface area (Å²) in [5.41, 5.74) is 7.71. The summed E-state index contributed by atoms with van der Waals surface area (Å²) in [7, 11) is 1.40. The standard InChI is InChI=1S/C14H20N2O2/c1-14(15)6-8-16(9-7-14)12-5-3-4-11(10-12)13(17)18-2/h3-5,10H,6-9,15H2,1-2H3. The number of anilines is 1. The summed E-state index contributed by atoms with van der Waals surface area (Å²) in [6, 6.07) is 7.56. The molecule has 4 nitrogen and oxygen atoms in total. The van der Waals surface area contributed by atoms with E-state index in [2.05, 4.69) is 11.8 Å². The number of esters is 1. The lowest BCUT2D eigenvalue weighted by molar-refractivity contribution is 0.0600. The summed E-state index contributed by atoms with van der Waals surface area (Å²) >= 11 is 0. The third kappa shape index (κ3) is 2.82. The van der Waals surface area contributed by atoms with Crippen molar-refractivity contribution < 1.29 is 9.53 Å². The van der Waals surface area contributed by atoms with Gasteiger partial charge in [0.05, 0.1) is 12.7 Å². The lowest BCUT2D eigenvalue weighted by Crippen LogP contribution is -2.48. The molecule has 0 atom stereocenters. The smallest absolute Gasteiger partial charge is 0.337 e. The molecule has 0 aromatic heterocycles. The van der Waals surface area contributed by atoms with Crippen LogP contribution in [-0.4, -0.2) is 31.7 Å². The van der Waals surface area contributed by atoms with Gasteiger partial charge in [0, 0.05) is 24.3 Å². The summed E-state index contributed by atoms with van der Waals surface area (Å²) in [6.45, 7) is 3.95. The number of carbonyl (C=O) groups is 1. The average molecular weight is 248 g/mol. The van der Waals surface area contributed by atoms with Crippen molar-refractivity contribution in [2.45, 2.75) is 25.3 Å². The summed E-state index contributed by atoms with van der Waals surface area (Å²) in [5.74, 6) is -0.294. The Morgan fingerprint density at radius 2 is 2.06 bits per heavy atom. The van der Waals surface area contributed by atoms with Crippen LogP contribution in [0.3, 0.4) is 0 Å². The van der Waals surface area contributed by atoms with Gasteiger partial charge in [0.25, 0.3) is 0 Å². The number of nitrogens with zero attached hydrogens (tertiary/aromatic N) is 1. The Morgan fingerprint density at radius 3 is 2.67 bits per heavy atom. The van der Waals surface area contributed by atoms with Gasteiger partial charge in [-0.3, -0.25) is 0 Å². The van der Waals surface area contributed by atoms with Crippen molar-refractivity contribution in [2.24, 2.45) is 5.73 Å². The Kier molecular flexibility index (Phi) is 3.57. The second-order valence-corrected chi connectivity index (χ2v) is 5.18. The van der Waals surface area contributed by atoms with Crippen molar-refractivity contribution in [1.29, 1.82) is 0 Å². The molecule has 4 heteroatoms. The molecular weight excluding hydrogens is 228 g/mol. The highest BCUT2D eigenvalue weighted by molar-refractivity contribution is 5.90. The van der Waals surface area contributed by atoms with Crippen molar-refractivity contribution in [2.75, 3.05) is 25.1 Å². The molecule has 1 saturated heterocycles. The molecule has 1 aromatic carbocycles. The van der Waals surface area contributed by atoms with E-state index in [0.29, 0.717) is 5.56 Å². The van der Waals surface area contributed by atoms with Crippen LogP contribution in [0.25, 0.3) is 0 Å². The third-order valence-corrected chi connectivity index (χ3v) is 3.54. The first-order chi connectivity index (χ1) is 8.52. The zero-order valence-electron chi connectivity index (χ0n) is 11.0. The summed E-state index contributed by atoms with van der Waals surface area (Å²) in [4.78, 5) is 13.8. The van der Waals surface area contributed by atoms with Gasteiger partial charge in [-0.05, 0) is 38.0 Å². The van der Waals surface area contributed by atoms with Crippen molar-refractivity contribution in [3.63, 3.8) is 0 Å². The van der Waals surface area contributed by atoms with E-state index in [0.717, 1.165) is 31.6 Å². The van der Waals surface area contributed by atoms with E-state index in [1.807, 2.05) is 18.2 Å². The molecule has 1 fully saturated rings. The highest BCUT2D eigenvalue weighted by Gasteiger charge is 2.26. The fraction of sp³-hybridized carbons (Fsp3) is 0.500. The van der Waals surface area contributed by atoms with Crippen molar-refractivity contribution >= 4 is 11.7 Å². The Hall–Kier alpha value is -1.55. The lowest BCUT2D eigenvalue weighted by Gasteiger charge is -2.38. The minimum Gasteiger partial charge on any atom is -0.465 e. The van der Waals surface area contributed by atoms with Crippen LogP contribution in [0.15, 0.2) is 24.3 Å². The zero-order chi connectivity index (χ0) is 13.2. The first-order valence-electron chi connectivity index (χ1n) is 6.24. The number of hydrogen-bond acceptors (Lipinski definition) is 4. The van der Waals surface area contributed by atoms with Gasteiger partial charge in [-0.15, -0.1) is 0 Å². The van der Waals surface area contributed by atoms with Crippen LogP contribution in [0.2, 0.25) is 0 Å². The molecule has 2 N–H and O–H groups in total. The highest BCUT2D eigenvalue weighted by Crippen LogP contribution is 2.25. The maximum Gasteiger partial charge on any atom is 0.337 e. The quantitative estimate of drug-likeness (QED) is 0.811. The number of hydrogen-bond donors (Lipinski definition) is 1. The van der Waals surface area contributed by atoms with Crippen LogP contribution < -0.4 is 10.6 Å². The fourth-order valence-corrected chi connectivity index (χ4v) is 2.22. The SMILES string of the molecule is COC(=O)c1cccc(N2CCC(C)(N)CC2)c1. The van der Waals surface area contributed by atoms with E-state index >= 15 is 0 Å². The Labute approximate surface area is 108 Å². The van der Waals surface area contributed by atoms with Crippen LogP contribution in [0.1, 0.15) is 30.1 Å². The number of ether oxygens (including phenoxy) is 1. The lowest BCUT2D eigenvalue weighted by atomic mass is 9.91. The van der Waals surface area contributed by atoms with Gasteiger partial charge in [-0.2, -0.15) is 0 Å². The molecule has 18 heavy (non-hydrogen) atoms. The van der Waals surface area contributed by atoms with Crippen LogP contribution in [0.5, 0.6) is 0 Å². The molecule has 0 bridgehead atoms. The fourth-order valence-electron chi connectivity index (χ4n) is 2.22. The number of methoxy groups -OCH3 is 1. The molecule has 2 rings (SSSR count). The zero-order valence-corrected chi connectivity index (χ0v) is 11.0. The Morgan fingerprint density at radius 1 is 1.39 bits per heavy atom. The van der Waals surface area contributed by atoms with E-state index in [4.69, 9.17) is 10.5 Å². The summed E-state index contributed by atoms with van der Waals surface area (Å²) in [6.07, 6.45) is 1.94. The third-order valence-electron chi connectivity index (χ3n) is 3.54. The summed E-state index contributed by atoms with van der Waals surface area (Å²) in [5, 5.41) is 0. The number of nitrogens with two attached hydrogens (primary N) is 1. The second-order valence-electron chi connectivity index (χ2n) is 5.18. The predicted molar refractivity (Wildman–Crippen MR) is 71.8 cm³/mol. The summed E-state index contributed by atoms with van der Waals surface area (Å²) < 4.78 is 4.73. The van der Waals surface area contributed by atoms with Crippen molar-refractivity contribution in [3.05, 3.63) is 29.8 Å². The first-order valence-corrected chi connectivity index (χ1v) is 6.24. The maximum atomic E-state index is 11.5. The van der Waals surface area contributed by atoms with Gasteiger partial charge in [0.1, 0.15) is 0 Å². The van der Waals surface area contributed by atoms with Crippen LogP contribution in [0, 0.1) is 0 Å². The largest absolute Gasteiger partial charge is 0.465 e. The second kappa shape index (κ2) is 4.98. The van der Waals surface area contributed by atoms with Crippen LogP contribution >= 0.6 is 0 Å². The Bertz CT molecular complexity index is 433. The van der Waals surface area contributed by atoms with E-state index in [9.17, 15) is 4.79 Å². The van der Waals surface area contributed by atoms with Gasteiger partial charge in [-0.25, -0.2) is 4.79 Å². The molecule has 0 radical (unpaired) electrons. The van der Waals surface area contributed by atoms with Gasteiger partial charge < -0.3 is 15.4 Å². The molecule has 1 aliphatic heterocycles. The van der Waals surface area contributed by atoms with Crippen molar-refractivity contribution in [1.82, 2.24) is 0 Å². The van der Waals surface area contributed by atoms with Gasteiger partial charge in [-0.1, -0.05) is 6.07 Å². The molecule has 1 aromatic rings. The van der Waals surface area contributed by atoms with E-state index in [1.54, 1.807) is 6.07 Å². The minimum absolute atomic E-state index is 0.0591. The van der Waals surface area contributed by atoms with Crippen molar-refractivity contribution in [3.8, 4) is 0 Å². The molecule has 0 spiro atoms. The first kappa shape index (κ1) is 12.9. The van der Waals surface area contributed by atoms with Gasteiger partial charge >= 0.3 is 5.97 Å². The van der Waals surface area contributed by atoms with Crippen LogP contribution in [-0.2, 0) is 4.74 Å². The molecule has 98 valence electrons. The number of piperidine rings is 1. The normalized spacial score (nSPS) is 18.5. The number of rotatable bonds is 2. The molecule has 1 heterocycles. The van der Waals surface area contributed by atoms with Crippen LogP contribution in [0.4, 0.5) is 5.69 Å². The topological polar surface area (TPSA) is 55.6 Å². The molecule has 1 aliphatic rings. The molecular formula is C14H20N2O2. The molecule has 0 aliphatic carbocycles. The predicted octanol–water partition coefficient (Wildman–Crippen LogP) is 1.79. The number of benzene rings is 1. The average Bonchev–Trinajstić information content (AvgIpc) is 2.38.